The van der Waals surface area contributed by atoms with Crippen LogP contribution >= 0.6 is 0 Å². The van der Waals surface area contributed by atoms with Crippen molar-refractivity contribution in [2.75, 3.05) is 18.4 Å². The molecule has 1 amide bonds. The number of aryl methyl sites for hydroxylation is 1. The van der Waals surface area contributed by atoms with Gasteiger partial charge in [0.1, 0.15) is 5.82 Å². The van der Waals surface area contributed by atoms with E-state index in [1.807, 2.05) is 19.1 Å². The second-order valence-electron chi connectivity index (χ2n) is 5.18. The van der Waals surface area contributed by atoms with Gasteiger partial charge < -0.3 is 10.6 Å². The Bertz CT molecular complexity index is 632. The second-order valence-corrected chi connectivity index (χ2v) is 5.18. The highest BCUT2D eigenvalue weighted by molar-refractivity contribution is 6.02. The molecular formula is C14H18N6O. The smallest absolute Gasteiger partial charge is 0.278 e. The minimum atomic E-state index is -0.284. The summed E-state index contributed by atoms with van der Waals surface area (Å²) in [6, 6.07) is 5.80. The molecule has 1 aliphatic heterocycles. The molecule has 1 saturated heterocycles. The van der Waals surface area contributed by atoms with E-state index in [1.165, 1.54) is 0 Å². The van der Waals surface area contributed by atoms with Crippen molar-refractivity contribution >= 4 is 11.7 Å². The SMILES string of the molecule is Cc1cccc(NC(=O)c2cn(C3CCNCC3)nn2)n1. The fourth-order valence-corrected chi connectivity index (χ4v) is 2.42. The third-order valence-corrected chi connectivity index (χ3v) is 3.56. The predicted octanol–water partition coefficient (Wildman–Crippen LogP) is 1.16. The molecule has 0 radical (unpaired) electrons. The Balaban J connectivity index is 1.69. The zero-order chi connectivity index (χ0) is 14.7. The highest BCUT2D eigenvalue weighted by Gasteiger charge is 2.18. The van der Waals surface area contributed by atoms with Gasteiger partial charge >= 0.3 is 0 Å². The third-order valence-electron chi connectivity index (χ3n) is 3.56. The summed E-state index contributed by atoms with van der Waals surface area (Å²) in [7, 11) is 0. The first kappa shape index (κ1) is 13.7. The molecule has 0 unspecified atom stereocenters. The van der Waals surface area contributed by atoms with Crippen molar-refractivity contribution in [1.29, 1.82) is 0 Å². The monoisotopic (exact) mass is 286 g/mol. The Morgan fingerprint density at radius 3 is 2.95 bits per heavy atom. The molecule has 0 aliphatic carbocycles. The Morgan fingerprint density at radius 1 is 1.38 bits per heavy atom. The minimum Gasteiger partial charge on any atom is -0.317 e. The summed E-state index contributed by atoms with van der Waals surface area (Å²) in [4.78, 5) is 16.4. The largest absolute Gasteiger partial charge is 0.317 e. The van der Waals surface area contributed by atoms with E-state index in [9.17, 15) is 4.79 Å². The average molecular weight is 286 g/mol. The van der Waals surface area contributed by atoms with Gasteiger partial charge in [-0.25, -0.2) is 9.67 Å². The fraction of sp³-hybridized carbons (Fsp3) is 0.429. The standard InChI is InChI=1S/C14H18N6O/c1-10-3-2-4-13(16-10)17-14(21)12-9-20(19-18-12)11-5-7-15-8-6-11/h2-4,9,11,15H,5-8H2,1H3,(H,16,17,21). The summed E-state index contributed by atoms with van der Waals surface area (Å²) in [5, 5.41) is 14.1. The number of hydrogen-bond acceptors (Lipinski definition) is 5. The Labute approximate surface area is 122 Å². The molecule has 0 aromatic carbocycles. The highest BCUT2D eigenvalue weighted by Crippen LogP contribution is 2.17. The average Bonchev–Trinajstić information content (AvgIpc) is 2.98. The molecule has 7 heteroatoms. The van der Waals surface area contributed by atoms with E-state index in [0.717, 1.165) is 31.6 Å². The molecule has 1 fully saturated rings. The summed E-state index contributed by atoms with van der Waals surface area (Å²) in [6.07, 6.45) is 3.72. The van der Waals surface area contributed by atoms with Crippen LogP contribution in [0.2, 0.25) is 0 Å². The molecule has 2 aromatic rings. The Hall–Kier alpha value is -2.28. The number of nitrogens with zero attached hydrogens (tertiary/aromatic N) is 4. The van der Waals surface area contributed by atoms with Crippen molar-refractivity contribution in [3.05, 3.63) is 35.8 Å². The highest BCUT2D eigenvalue weighted by atomic mass is 16.2. The van der Waals surface area contributed by atoms with Crippen LogP contribution in [0.15, 0.2) is 24.4 Å². The van der Waals surface area contributed by atoms with E-state index < -0.39 is 0 Å². The molecule has 2 aromatic heterocycles. The lowest BCUT2D eigenvalue weighted by atomic mass is 10.1. The fourth-order valence-electron chi connectivity index (χ4n) is 2.42. The van der Waals surface area contributed by atoms with Gasteiger partial charge in [0.2, 0.25) is 0 Å². The van der Waals surface area contributed by atoms with Crippen LogP contribution in [0.25, 0.3) is 0 Å². The van der Waals surface area contributed by atoms with Gasteiger partial charge in [-0.2, -0.15) is 0 Å². The minimum absolute atomic E-state index is 0.284. The molecule has 110 valence electrons. The number of amides is 1. The number of rotatable bonds is 3. The normalized spacial score (nSPS) is 15.9. The van der Waals surface area contributed by atoms with Crippen LogP contribution in [-0.2, 0) is 0 Å². The molecule has 0 spiro atoms. The lowest BCUT2D eigenvalue weighted by molar-refractivity contribution is 0.102. The van der Waals surface area contributed by atoms with E-state index in [4.69, 9.17) is 0 Å². The van der Waals surface area contributed by atoms with Crippen molar-refractivity contribution in [1.82, 2.24) is 25.3 Å². The number of piperidine rings is 1. The second kappa shape index (κ2) is 6.01. The topological polar surface area (TPSA) is 84.7 Å². The van der Waals surface area contributed by atoms with Crippen LogP contribution in [0, 0.1) is 6.92 Å². The summed E-state index contributed by atoms with van der Waals surface area (Å²) in [5.74, 6) is 0.240. The molecule has 0 saturated carbocycles. The van der Waals surface area contributed by atoms with Gasteiger partial charge in [-0.3, -0.25) is 4.79 Å². The lowest BCUT2D eigenvalue weighted by Crippen LogP contribution is -2.29. The van der Waals surface area contributed by atoms with Gasteiger partial charge in [0.15, 0.2) is 5.69 Å². The maximum absolute atomic E-state index is 12.1. The van der Waals surface area contributed by atoms with Gasteiger partial charge in [0.25, 0.3) is 5.91 Å². The van der Waals surface area contributed by atoms with Crippen LogP contribution in [0.4, 0.5) is 5.82 Å². The number of carbonyl (C=O) groups excluding carboxylic acids is 1. The van der Waals surface area contributed by atoms with Gasteiger partial charge in [-0.05, 0) is 45.0 Å². The number of aromatic nitrogens is 4. The quantitative estimate of drug-likeness (QED) is 0.884. The van der Waals surface area contributed by atoms with Crippen molar-refractivity contribution < 1.29 is 4.79 Å². The summed E-state index contributed by atoms with van der Waals surface area (Å²) < 4.78 is 1.79. The van der Waals surface area contributed by atoms with Gasteiger partial charge in [0, 0.05) is 5.69 Å². The first-order chi connectivity index (χ1) is 10.2. The van der Waals surface area contributed by atoms with Crippen LogP contribution < -0.4 is 10.6 Å². The van der Waals surface area contributed by atoms with E-state index in [1.54, 1.807) is 16.9 Å². The molecule has 3 rings (SSSR count). The predicted molar refractivity (Wildman–Crippen MR) is 78.1 cm³/mol. The zero-order valence-electron chi connectivity index (χ0n) is 11.9. The van der Waals surface area contributed by atoms with E-state index >= 15 is 0 Å². The number of hydrogen-bond donors (Lipinski definition) is 2. The summed E-state index contributed by atoms with van der Waals surface area (Å²) in [5.41, 5.74) is 1.17. The van der Waals surface area contributed by atoms with Crippen molar-refractivity contribution in [3.8, 4) is 0 Å². The van der Waals surface area contributed by atoms with Crippen molar-refractivity contribution in [2.45, 2.75) is 25.8 Å². The number of nitrogens with one attached hydrogen (secondary N) is 2. The number of carbonyl (C=O) groups is 1. The van der Waals surface area contributed by atoms with Crippen LogP contribution in [0.1, 0.15) is 35.1 Å². The van der Waals surface area contributed by atoms with E-state index in [2.05, 4.69) is 25.9 Å². The first-order valence-corrected chi connectivity index (χ1v) is 7.10. The molecular weight excluding hydrogens is 268 g/mol. The van der Waals surface area contributed by atoms with Crippen molar-refractivity contribution in [2.24, 2.45) is 0 Å². The maximum atomic E-state index is 12.1. The Kier molecular flexibility index (Phi) is 3.92. The van der Waals surface area contributed by atoms with Gasteiger partial charge in [-0.15, -0.1) is 5.10 Å². The first-order valence-electron chi connectivity index (χ1n) is 7.10. The molecule has 7 nitrogen and oxygen atoms in total. The zero-order valence-corrected chi connectivity index (χ0v) is 11.9. The maximum Gasteiger partial charge on any atom is 0.278 e. The van der Waals surface area contributed by atoms with Gasteiger partial charge in [0.05, 0.1) is 12.2 Å². The van der Waals surface area contributed by atoms with Crippen molar-refractivity contribution in [3.63, 3.8) is 0 Å². The Morgan fingerprint density at radius 2 is 2.19 bits per heavy atom. The van der Waals surface area contributed by atoms with E-state index in [0.29, 0.717) is 17.6 Å². The molecule has 2 N–H and O–H groups in total. The van der Waals surface area contributed by atoms with Crippen LogP contribution in [-0.4, -0.2) is 39.0 Å². The molecule has 1 aliphatic rings. The third kappa shape index (κ3) is 3.25. The summed E-state index contributed by atoms with van der Waals surface area (Å²) in [6.45, 7) is 3.82. The molecule has 21 heavy (non-hydrogen) atoms. The lowest BCUT2D eigenvalue weighted by Gasteiger charge is -2.22. The van der Waals surface area contributed by atoms with Crippen LogP contribution in [0.5, 0.6) is 0 Å². The number of anilines is 1. The number of pyridine rings is 1. The van der Waals surface area contributed by atoms with Crippen LogP contribution in [0.3, 0.4) is 0 Å². The molecule has 3 heterocycles. The van der Waals surface area contributed by atoms with E-state index in [-0.39, 0.29) is 5.91 Å². The molecule has 0 bridgehead atoms. The van der Waals surface area contributed by atoms with Gasteiger partial charge in [-0.1, -0.05) is 11.3 Å². The summed E-state index contributed by atoms with van der Waals surface area (Å²) >= 11 is 0. The molecule has 0 atom stereocenters.